The molecule has 2 aromatic rings. The molecule has 0 atom stereocenters. The van der Waals surface area contributed by atoms with Crippen molar-refractivity contribution < 1.29 is 4.42 Å². The van der Waals surface area contributed by atoms with Crippen molar-refractivity contribution in [2.75, 3.05) is 6.54 Å². The first kappa shape index (κ1) is 10.8. The highest BCUT2D eigenvalue weighted by Gasteiger charge is 2.10. The Bertz CT molecular complexity index is 473. The molecule has 0 aliphatic rings. The molecule has 0 amide bonds. The number of aryl methyl sites for hydroxylation is 2. The molecule has 6 nitrogen and oxygen atoms in total. The van der Waals surface area contributed by atoms with Crippen molar-refractivity contribution in [3.63, 3.8) is 0 Å². The summed E-state index contributed by atoms with van der Waals surface area (Å²) in [6, 6.07) is 0.464. The minimum atomic E-state index is 0.464. The van der Waals surface area contributed by atoms with E-state index in [9.17, 15) is 0 Å². The number of nitrogens with zero attached hydrogens (tertiary/aromatic N) is 4. The molecule has 2 rings (SSSR count). The lowest BCUT2D eigenvalue weighted by atomic mass is 10.5. The highest BCUT2D eigenvalue weighted by Crippen LogP contribution is 2.09. The molecule has 0 radical (unpaired) electrons. The molecule has 0 fully saturated rings. The molecule has 16 heavy (non-hydrogen) atoms. The Kier molecular flexibility index (Phi) is 3.00. The second kappa shape index (κ2) is 4.44. The zero-order valence-electron chi connectivity index (χ0n) is 9.69. The molecule has 0 saturated heterocycles. The van der Waals surface area contributed by atoms with Crippen molar-refractivity contribution in [3.05, 3.63) is 23.6 Å². The first-order valence-electron chi connectivity index (χ1n) is 5.26. The quantitative estimate of drug-likeness (QED) is 0.833. The molecule has 6 heteroatoms. The van der Waals surface area contributed by atoms with Gasteiger partial charge in [0, 0.05) is 6.54 Å². The zero-order valence-corrected chi connectivity index (χ0v) is 9.69. The molecular formula is C10H15N5O. The van der Waals surface area contributed by atoms with Gasteiger partial charge in [-0.25, -0.2) is 4.98 Å². The Morgan fingerprint density at radius 3 is 2.81 bits per heavy atom. The predicted octanol–water partition coefficient (Wildman–Crippen LogP) is 0.982. The fourth-order valence-electron chi connectivity index (χ4n) is 1.43. The lowest BCUT2D eigenvalue weighted by Crippen LogP contribution is -2.12. The fraction of sp³-hybridized carbons (Fsp3) is 0.500. The van der Waals surface area contributed by atoms with Crippen molar-refractivity contribution in [1.82, 2.24) is 25.1 Å². The fourth-order valence-corrected chi connectivity index (χ4v) is 1.43. The van der Waals surface area contributed by atoms with E-state index in [1.165, 1.54) is 0 Å². The molecule has 2 heterocycles. The number of rotatable bonds is 4. The highest BCUT2D eigenvalue weighted by molar-refractivity contribution is 5.11. The Hall–Kier alpha value is -1.69. The summed E-state index contributed by atoms with van der Waals surface area (Å²) < 4.78 is 6.95. The van der Waals surface area contributed by atoms with E-state index in [0.717, 1.165) is 18.1 Å². The number of hydrogen-bond acceptors (Lipinski definition) is 5. The van der Waals surface area contributed by atoms with Gasteiger partial charge < -0.3 is 9.73 Å². The van der Waals surface area contributed by atoms with Crippen LogP contribution < -0.4 is 5.32 Å². The lowest BCUT2D eigenvalue weighted by Gasteiger charge is -1.95. The summed E-state index contributed by atoms with van der Waals surface area (Å²) in [5.74, 6) is 1.48. The number of oxazole rings is 1. The smallest absolute Gasteiger partial charge is 0.324 e. The summed E-state index contributed by atoms with van der Waals surface area (Å²) in [4.78, 5) is 8.52. The van der Waals surface area contributed by atoms with Crippen molar-refractivity contribution in [2.45, 2.75) is 27.3 Å². The van der Waals surface area contributed by atoms with E-state index in [1.54, 1.807) is 10.9 Å². The van der Waals surface area contributed by atoms with Crippen molar-refractivity contribution in [2.24, 2.45) is 0 Å². The van der Waals surface area contributed by atoms with Gasteiger partial charge in [0.05, 0.1) is 5.69 Å². The van der Waals surface area contributed by atoms with Crippen LogP contribution in [0, 0.1) is 13.8 Å². The third kappa shape index (κ3) is 2.11. The molecule has 0 spiro atoms. The average molecular weight is 221 g/mol. The van der Waals surface area contributed by atoms with Gasteiger partial charge >= 0.3 is 6.01 Å². The van der Waals surface area contributed by atoms with Crippen LogP contribution >= 0.6 is 0 Å². The maximum Gasteiger partial charge on any atom is 0.324 e. The molecule has 0 aromatic carbocycles. The number of hydrogen-bond donors (Lipinski definition) is 1. The van der Waals surface area contributed by atoms with E-state index in [1.807, 2.05) is 20.8 Å². The van der Waals surface area contributed by atoms with Crippen LogP contribution in [0.4, 0.5) is 0 Å². The van der Waals surface area contributed by atoms with E-state index >= 15 is 0 Å². The standard InChI is InChI=1S/C10H15N5O/c1-4-11-5-9-6-16-10(13-9)15-8(3)12-7(2)14-15/h6,11H,4-5H2,1-3H3. The van der Waals surface area contributed by atoms with Crippen molar-refractivity contribution >= 4 is 0 Å². The third-order valence-corrected chi connectivity index (χ3v) is 2.15. The number of nitrogens with one attached hydrogen (secondary N) is 1. The summed E-state index contributed by atoms with van der Waals surface area (Å²) in [7, 11) is 0. The molecule has 0 aliphatic carbocycles. The van der Waals surface area contributed by atoms with Gasteiger partial charge in [-0.15, -0.1) is 5.10 Å². The molecule has 0 bridgehead atoms. The van der Waals surface area contributed by atoms with Crippen LogP contribution in [0.2, 0.25) is 0 Å². The third-order valence-electron chi connectivity index (χ3n) is 2.15. The summed E-state index contributed by atoms with van der Waals surface area (Å²) >= 11 is 0. The van der Waals surface area contributed by atoms with Crippen molar-refractivity contribution in [1.29, 1.82) is 0 Å². The van der Waals surface area contributed by atoms with Gasteiger partial charge in [0.15, 0.2) is 0 Å². The Labute approximate surface area is 93.7 Å². The molecular weight excluding hydrogens is 206 g/mol. The van der Waals surface area contributed by atoms with Gasteiger partial charge in [0.2, 0.25) is 0 Å². The SMILES string of the molecule is CCNCc1coc(-n2nc(C)nc2C)n1. The summed E-state index contributed by atoms with van der Waals surface area (Å²) in [5.41, 5.74) is 0.865. The molecule has 0 aliphatic heterocycles. The van der Waals surface area contributed by atoms with Gasteiger partial charge in [0.25, 0.3) is 0 Å². The van der Waals surface area contributed by atoms with Gasteiger partial charge in [0.1, 0.15) is 17.9 Å². The molecule has 0 unspecified atom stereocenters. The van der Waals surface area contributed by atoms with Crippen LogP contribution in [-0.4, -0.2) is 26.3 Å². The highest BCUT2D eigenvalue weighted by atomic mass is 16.4. The molecule has 2 aromatic heterocycles. The summed E-state index contributed by atoms with van der Waals surface area (Å²) in [6.45, 7) is 7.36. The van der Waals surface area contributed by atoms with Gasteiger partial charge in [-0.2, -0.15) is 9.67 Å². The largest absolute Gasteiger partial charge is 0.430 e. The van der Waals surface area contributed by atoms with Crippen LogP contribution in [-0.2, 0) is 6.54 Å². The second-order valence-corrected chi connectivity index (χ2v) is 3.52. The van der Waals surface area contributed by atoms with Crippen LogP contribution in [0.3, 0.4) is 0 Å². The first-order chi connectivity index (χ1) is 7.70. The van der Waals surface area contributed by atoms with Gasteiger partial charge in [-0.05, 0) is 20.4 Å². The average Bonchev–Trinajstić information content (AvgIpc) is 2.82. The zero-order chi connectivity index (χ0) is 11.5. The van der Waals surface area contributed by atoms with Gasteiger partial charge in [-0.3, -0.25) is 0 Å². The Balaban J connectivity index is 2.21. The minimum Gasteiger partial charge on any atom is -0.430 e. The molecule has 0 saturated carbocycles. The Morgan fingerprint density at radius 2 is 2.19 bits per heavy atom. The normalized spacial score (nSPS) is 10.9. The molecule has 86 valence electrons. The minimum absolute atomic E-state index is 0.464. The predicted molar refractivity (Wildman–Crippen MR) is 58.3 cm³/mol. The van der Waals surface area contributed by atoms with Crippen LogP contribution in [0.1, 0.15) is 24.3 Å². The lowest BCUT2D eigenvalue weighted by molar-refractivity contribution is 0.503. The van der Waals surface area contributed by atoms with E-state index in [-0.39, 0.29) is 0 Å². The van der Waals surface area contributed by atoms with E-state index in [4.69, 9.17) is 4.42 Å². The maximum absolute atomic E-state index is 5.35. The van der Waals surface area contributed by atoms with Crippen LogP contribution in [0.25, 0.3) is 6.01 Å². The van der Waals surface area contributed by atoms with Crippen LogP contribution in [0.15, 0.2) is 10.7 Å². The first-order valence-corrected chi connectivity index (χ1v) is 5.26. The van der Waals surface area contributed by atoms with E-state index in [2.05, 4.69) is 20.4 Å². The van der Waals surface area contributed by atoms with Gasteiger partial charge in [-0.1, -0.05) is 6.92 Å². The maximum atomic E-state index is 5.35. The van der Waals surface area contributed by atoms with Crippen LogP contribution in [0.5, 0.6) is 0 Å². The van der Waals surface area contributed by atoms with E-state index < -0.39 is 0 Å². The summed E-state index contributed by atoms with van der Waals surface area (Å²) in [6.07, 6.45) is 1.63. The molecule has 1 N–H and O–H groups in total. The summed E-state index contributed by atoms with van der Waals surface area (Å²) in [5, 5.41) is 7.38. The monoisotopic (exact) mass is 221 g/mol. The van der Waals surface area contributed by atoms with Crippen molar-refractivity contribution in [3.8, 4) is 6.01 Å². The Morgan fingerprint density at radius 1 is 1.38 bits per heavy atom. The second-order valence-electron chi connectivity index (χ2n) is 3.52. The topological polar surface area (TPSA) is 68.8 Å². The van der Waals surface area contributed by atoms with E-state index in [0.29, 0.717) is 18.4 Å². The number of aromatic nitrogens is 4.